The van der Waals surface area contributed by atoms with Crippen LogP contribution in [0.4, 0.5) is 0 Å². The van der Waals surface area contributed by atoms with E-state index in [1.54, 1.807) is 30.5 Å². The van der Waals surface area contributed by atoms with E-state index in [9.17, 15) is 4.79 Å². The molecule has 1 aromatic carbocycles. The van der Waals surface area contributed by atoms with Gasteiger partial charge in [0.25, 0.3) is 5.91 Å². The van der Waals surface area contributed by atoms with Crippen molar-refractivity contribution < 1.29 is 4.79 Å². The summed E-state index contributed by atoms with van der Waals surface area (Å²) in [5, 5.41) is 20.3. The molecule has 0 bridgehead atoms. The Bertz CT molecular complexity index is 545. The Kier molecular flexibility index (Phi) is 4.98. The SMILES string of the molecule is CSC(NC(=O)c1ccc(C)cc1)=C(C#N)C#N. The number of benzene rings is 1. The highest BCUT2D eigenvalue weighted by Crippen LogP contribution is 2.14. The fourth-order valence-electron chi connectivity index (χ4n) is 1.22. The van der Waals surface area contributed by atoms with Gasteiger partial charge in [-0.2, -0.15) is 10.5 Å². The van der Waals surface area contributed by atoms with E-state index in [2.05, 4.69) is 5.32 Å². The van der Waals surface area contributed by atoms with E-state index in [0.29, 0.717) is 5.56 Å². The minimum absolute atomic E-state index is 0.0945. The highest BCUT2D eigenvalue weighted by molar-refractivity contribution is 8.02. The molecule has 1 amide bonds. The van der Waals surface area contributed by atoms with Crippen molar-refractivity contribution in [3.05, 3.63) is 46.0 Å². The van der Waals surface area contributed by atoms with Crippen molar-refractivity contribution in [2.75, 3.05) is 6.26 Å². The zero-order valence-corrected chi connectivity index (χ0v) is 10.8. The number of nitriles is 2. The zero-order chi connectivity index (χ0) is 13.5. The normalized spacial score (nSPS) is 8.89. The van der Waals surface area contributed by atoms with Gasteiger partial charge in [0.15, 0.2) is 5.57 Å². The summed E-state index contributed by atoms with van der Waals surface area (Å²) in [6, 6.07) is 10.5. The van der Waals surface area contributed by atoms with E-state index in [0.717, 1.165) is 17.3 Å². The number of carbonyl (C=O) groups is 1. The predicted molar refractivity (Wildman–Crippen MR) is 70.4 cm³/mol. The van der Waals surface area contributed by atoms with Gasteiger partial charge in [0, 0.05) is 5.56 Å². The molecule has 0 spiro atoms. The second-order valence-electron chi connectivity index (χ2n) is 3.45. The second kappa shape index (κ2) is 6.48. The number of allylic oxidation sites excluding steroid dienone is 1. The molecule has 1 rings (SSSR count). The van der Waals surface area contributed by atoms with Crippen molar-refractivity contribution >= 4 is 17.7 Å². The Balaban J connectivity index is 2.95. The number of rotatable bonds is 3. The van der Waals surface area contributed by atoms with Gasteiger partial charge in [-0.25, -0.2) is 0 Å². The van der Waals surface area contributed by atoms with Crippen LogP contribution in [0.15, 0.2) is 34.9 Å². The summed E-state index contributed by atoms with van der Waals surface area (Å²) in [7, 11) is 0. The third-order valence-electron chi connectivity index (χ3n) is 2.20. The third kappa shape index (κ3) is 3.38. The van der Waals surface area contributed by atoms with E-state index in [-0.39, 0.29) is 16.5 Å². The summed E-state index contributed by atoms with van der Waals surface area (Å²) < 4.78 is 0. The van der Waals surface area contributed by atoms with Crippen LogP contribution < -0.4 is 5.32 Å². The molecule has 0 atom stereocenters. The van der Waals surface area contributed by atoms with Crippen molar-refractivity contribution in [2.45, 2.75) is 6.92 Å². The maximum Gasteiger partial charge on any atom is 0.256 e. The minimum atomic E-state index is -0.331. The molecule has 0 unspecified atom stereocenters. The number of thioether (sulfide) groups is 1. The van der Waals surface area contributed by atoms with Crippen LogP contribution in [-0.4, -0.2) is 12.2 Å². The number of hydrogen-bond donors (Lipinski definition) is 1. The molecule has 90 valence electrons. The van der Waals surface area contributed by atoms with E-state index in [1.807, 2.05) is 19.1 Å². The van der Waals surface area contributed by atoms with Gasteiger partial charge in [0.05, 0.1) is 0 Å². The average Bonchev–Trinajstić information content (AvgIpc) is 2.39. The molecule has 18 heavy (non-hydrogen) atoms. The molecule has 0 fully saturated rings. The lowest BCUT2D eigenvalue weighted by molar-refractivity contribution is 0.0968. The molecule has 0 heterocycles. The molecule has 0 aliphatic rings. The van der Waals surface area contributed by atoms with Gasteiger partial charge in [-0.05, 0) is 25.3 Å². The van der Waals surface area contributed by atoms with Crippen LogP contribution in [0.1, 0.15) is 15.9 Å². The summed E-state index contributed by atoms with van der Waals surface area (Å²) in [6.07, 6.45) is 1.69. The molecule has 0 saturated heterocycles. The van der Waals surface area contributed by atoms with E-state index >= 15 is 0 Å². The Morgan fingerprint density at radius 2 is 1.78 bits per heavy atom. The van der Waals surface area contributed by atoms with Crippen LogP contribution in [0.25, 0.3) is 0 Å². The average molecular weight is 257 g/mol. The zero-order valence-electron chi connectivity index (χ0n) is 10.0. The van der Waals surface area contributed by atoms with Crippen LogP contribution >= 0.6 is 11.8 Å². The molecule has 4 nitrogen and oxygen atoms in total. The predicted octanol–water partition coefficient (Wildman–Crippen LogP) is 2.35. The van der Waals surface area contributed by atoms with Gasteiger partial charge in [-0.15, -0.1) is 11.8 Å². The number of hydrogen-bond acceptors (Lipinski definition) is 4. The summed E-state index contributed by atoms with van der Waals surface area (Å²) in [6.45, 7) is 1.93. The molecule has 0 radical (unpaired) electrons. The van der Waals surface area contributed by atoms with E-state index < -0.39 is 0 Å². The molecule has 0 aliphatic heterocycles. The summed E-state index contributed by atoms with van der Waals surface area (Å²) in [4.78, 5) is 11.9. The molecule has 0 saturated carbocycles. The maximum absolute atomic E-state index is 11.9. The van der Waals surface area contributed by atoms with Crippen molar-refractivity contribution in [3.63, 3.8) is 0 Å². The van der Waals surface area contributed by atoms with Gasteiger partial charge in [0.2, 0.25) is 0 Å². The Labute approximate surface area is 110 Å². The van der Waals surface area contributed by atoms with Gasteiger partial charge >= 0.3 is 0 Å². The van der Waals surface area contributed by atoms with Gasteiger partial charge in [-0.3, -0.25) is 4.79 Å². The molecule has 1 N–H and O–H groups in total. The number of carbonyl (C=O) groups excluding carboxylic acids is 1. The second-order valence-corrected chi connectivity index (χ2v) is 4.27. The van der Waals surface area contributed by atoms with Crippen molar-refractivity contribution in [3.8, 4) is 12.1 Å². The van der Waals surface area contributed by atoms with Crippen molar-refractivity contribution in [2.24, 2.45) is 0 Å². The first-order valence-corrected chi connectivity index (χ1v) is 6.31. The van der Waals surface area contributed by atoms with Gasteiger partial charge in [0.1, 0.15) is 17.2 Å². The lowest BCUT2D eigenvalue weighted by atomic mass is 10.1. The Morgan fingerprint density at radius 3 is 2.22 bits per heavy atom. The summed E-state index contributed by atoms with van der Waals surface area (Å²) in [5.74, 6) is -0.331. The largest absolute Gasteiger partial charge is 0.315 e. The lowest BCUT2D eigenvalue weighted by Crippen LogP contribution is -2.22. The standard InChI is InChI=1S/C13H11N3OS/c1-9-3-5-10(6-4-9)12(17)16-13(18-2)11(7-14)8-15/h3-6H,1-2H3,(H,16,17). The number of amides is 1. The van der Waals surface area contributed by atoms with Gasteiger partial charge < -0.3 is 5.32 Å². The van der Waals surface area contributed by atoms with Crippen LogP contribution in [0, 0.1) is 29.6 Å². The van der Waals surface area contributed by atoms with Crippen LogP contribution in [0.3, 0.4) is 0 Å². The fraction of sp³-hybridized carbons (Fsp3) is 0.154. The Morgan fingerprint density at radius 1 is 1.22 bits per heavy atom. The van der Waals surface area contributed by atoms with Crippen LogP contribution in [0.5, 0.6) is 0 Å². The monoisotopic (exact) mass is 257 g/mol. The number of nitrogens with zero attached hydrogens (tertiary/aromatic N) is 2. The molecular formula is C13H11N3OS. The van der Waals surface area contributed by atoms with Crippen LogP contribution in [0.2, 0.25) is 0 Å². The topological polar surface area (TPSA) is 76.7 Å². The molecule has 1 aromatic rings. The molecular weight excluding hydrogens is 246 g/mol. The summed E-state index contributed by atoms with van der Waals surface area (Å²) >= 11 is 1.16. The minimum Gasteiger partial charge on any atom is -0.315 e. The Hall–Kier alpha value is -2.24. The van der Waals surface area contributed by atoms with Crippen molar-refractivity contribution in [1.29, 1.82) is 10.5 Å². The lowest BCUT2D eigenvalue weighted by Gasteiger charge is -2.07. The highest BCUT2D eigenvalue weighted by Gasteiger charge is 2.11. The van der Waals surface area contributed by atoms with E-state index in [4.69, 9.17) is 10.5 Å². The van der Waals surface area contributed by atoms with E-state index in [1.165, 1.54) is 0 Å². The number of aryl methyl sites for hydroxylation is 1. The first-order valence-electron chi connectivity index (χ1n) is 5.09. The third-order valence-corrected chi connectivity index (χ3v) is 2.91. The number of nitrogens with one attached hydrogen (secondary N) is 1. The first-order chi connectivity index (χ1) is 8.62. The van der Waals surface area contributed by atoms with Crippen LogP contribution in [-0.2, 0) is 0 Å². The molecule has 0 aromatic heterocycles. The maximum atomic E-state index is 11.9. The first kappa shape index (κ1) is 13.8. The van der Waals surface area contributed by atoms with Gasteiger partial charge in [-0.1, -0.05) is 17.7 Å². The quantitative estimate of drug-likeness (QED) is 0.843. The molecule has 5 heteroatoms. The molecule has 0 aliphatic carbocycles. The fourth-order valence-corrected chi connectivity index (χ4v) is 1.71. The smallest absolute Gasteiger partial charge is 0.256 e. The van der Waals surface area contributed by atoms with Crippen molar-refractivity contribution in [1.82, 2.24) is 5.32 Å². The highest BCUT2D eigenvalue weighted by atomic mass is 32.2. The summed E-state index contributed by atoms with van der Waals surface area (Å²) in [5.41, 5.74) is 1.45.